The predicted molar refractivity (Wildman–Crippen MR) is 44.1 cm³/mol. The van der Waals surface area contributed by atoms with Crippen LogP contribution in [-0.4, -0.2) is 14.7 Å². The highest BCUT2D eigenvalue weighted by Gasteiger charge is 2.21. The lowest BCUT2D eigenvalue weighted by Crippen LogP contribution is -2.28. The summed E-state index contributed by atoms with van der Waals surface area (Å²) >= 11 is 0. The van der Waals surface area contributed by atoms with E-state index in [1.54, 1.807) is 0 Å². The van der Waals surface area contributed by atoms with E-state index in [4.69, 9.17) is 4.74 Å². The highest BCUT2D eigenvalue weighted by atomic mass is 28.3. The van der Waals surface area contributed by atoms with Crippen molar-refractivity contribution in [1.29, 1.82) is 0 Å². The largest absolute Gasteiger partial charge is 0.379 e. The monoisotopic (exact) mass is 145 g/mol. The van der Waals surface area contributed by atoms with Crippen LogP contribution in [-0.2, 0) is 4.74 Å². The van der Waals surface area contributed by atoms with E-state index in [2.05, 4.69) is 33.7 Å². The Morgan fingerprint density at radius 3 is 2.00 bits per heavy atom. The topological polar surface area (TPSA) is 9.23 Å². The maximum Gasteiger partial charge on any atom is 0.0700 e. The van der Waals surface area contributed by atoms with Crippen LogP contribution >= 0.6 is 0 Å². The standard InChI is InChI=1S/C7H17OSi/c1-7(6-8-2)9(3,4)5/h7H,2,6H2,1,3-5H3. The van der Waals surface area contributed by atoms with Crippen molar-refractivity contribution in [1.82, 2.24) is 0 Å². The summed E-state index contributed by atoms with van der Waals surface area (Å²) in [6, 6.07) is 0. The van der Waals surface area contributed by atoms with Crippen LogP contribution in [0.15, 0.2) is 0 Å². The van der Waals surface area contributed by atoms with E-state index in [0.29, 0.717) is 0 Å². The fourth-order valence-electron chi connectivity index (χ4n) is 0.427. The second kappa shape index (κ2) is 3.37. The normalized spacial score (nSPS) is 15.7. The molecule has 0 aliphatic heterocycles. The minimum atomic E-state index is -0.947. The predicted octanol–water partition coefficient (Wildman–Crippen LogP) is 2.52. The Kier molecular flexibility index (Phi) is 3.44. The summed E-state index contributed by atoms with van der Waals surface area (Å²) in [5.74, 6) is 0. The van der Waals surface area contributed by atoms with Gasteiger partial charge < -0.3 is 4.74 Å². The first-order chi connectivity index (χ1) is 3.98. The third kappa shape index (κ3) is 3.70. The molecule has 0 aliphatic rings. The second-order valence-electron chi connectivity index (χ2n) is 3.64. The maximum absolute atomic E-state index is 4.81. The molecule has 0 N–H and O–H groups in total. The first-order valence-electron chi connectivity index (χ1n) is 3.35. The van der Waals surface area contributed by atoms with Gasteiger partial charge in [-0.1, -0.05) is 26.6 Å². The number of rotatable bonds is 3. The van der Waals surface area contributed by atoms with E-state index in [9.17, 15) is 0 Å². The van der Waals surface area contributed by atoms with Gasteiger partial charge in [0.2, 0.25) is 0 Å². The summed E-state index contributed by atoms with van der Waals surface area (Å²) in [5.41, 5.74) is 0.718. The van der Waals surface area contributed by atoms with Crippen LogP contribution in [0.2, 0.25) is 25.2 Å². The van der Waals surface area contributed by atoms with Gasteiger partial charge in [-0.15, -0.1) is 0 Å². The summed E-state index contributed by atoms with van der Waals surface area (Å²) in [5, 5.41) is 0. The van der Waals surface area contributed by atoms with Crippen molar-refractivity contribution in [3.8, 4) is 0 Å². The molecule has 1 atom stereocenters. The van der Waals surface area contributed by atoms with Gasteiger partial charge >= 0.3 is 0 Å². The minimum absolute atomic E-state index is 0.718. The SMILES string of the molecule is [CH2]OCC(C)[Si](C)(C)C. The molecule has 0 amide bonds. The van der Waals surface area contributed by atoms with Gasteiger partial charge in [-0.05, 0) is 5.54 Å². The zero-order valence-electron chi connectivity index (χ0n) is 6.90. The van der Waals surface area contributed by atoms with E-state index in [0.717, 1.165) is 12.1 Å². The van der Waals surface area contributed by atoms with Crippen molar-refractivity contribution >= 4 is 8.07 Å². The highest BCUT2D eigenvalue weighted by molar-refractivity contribution is 6.77. The van der Waals surface area contributed by atoms with Crippen LogP contribution in [0.1, 0.15) is 6.92 Å². The van der Waals surface area contributed by atoms with Gasteiger partial charge in [-0.3, -0.25) is 0 Å². The van der Waals surface area contributed by atoms with E-state index < -0.39 is 8.07 Å². The van der Waals surface area contributed by atoms with Crippen molar-refractivity contribution in [2.24, 2.45) is 0 Å². The van der Waals surface area contributed by atoms with Crippen LogP contribution in [0, 0.1) is 7.11 Å². The Balaban J connectivity index is 3.59. The molecule has 0 aliphatic carbocycles. The first kappa shape index (κ1) is 9.18. The Hall–Kier alpha value is 0.177. The number of hydrogen-bond donors (Lipinski definition) is 0. The van der Waals surface area contributed by atoms with Gasteiger partial charge in [-0.25, -0.2) is 0 Å². The smallest absolute Gasteiger partial charge is 0.0700 e. The third-order valence-corrected chi connectivity index (χ3v) is 4.97. The quantitative estimate of drug-likeness (QED) is 0.554. The molecule has 0 aromatic heterocycles. The molecule has 1 nitrogen and oxygen atoms in total. The van der Waals surface area contributed by atoms with Crippen molar-refractivity contribution in [3.05, 3.63) is 7.11 Å². The lowest BCUT2D eigenvalue weighted by atomic mass is 10.5. The summed E-state index contributed by atoms with van der Waals surface area (Å²) in [7, 11) is 2.41. The number of hydrogen-bond acceptors (Lipinski definition) is 1. The molecule has 0 aromatic carbocycles. The van der Waals surface area contributed by atoms with Crippen molar-refractivity contribution in [2.45, 2.75) is 32.1 Å². The van der Waals surface area contributed by atoms with Gasteiger partial charge in [-0.2, -0.15) is 0 Å². The Morgan fingerprint density at radius 1 is 1.44 bits per heavy atom. The molecule has 0 saturated heterocycles. The highest BCUT2D eigenvalue weighted by Crippen LogP contribution is 2.20. The maximum atomic E-state index is 4.81. The van der Waals surface area contributed by atoms with Gasteiger partial charge in [0.15, 0.2) is 0 Å². The average Bonchev–Trinajstić information content (AvgIpc) is 1.64. The molecular formula is C7H17OSi. The molecular weight excluding hydrogens is 128 g/mol. The Labute approximate surface area is 59.4 Å². The summed E-state index contributed by atoms with van der Waals surface area (Å²) in [4.78, 5) is 0. The van der Waals surface area contributed by atoms with E-state index >= 15 is 0 Å². The Bertz CT molecular complexity index is 75.5. The molecule has 0 aromatic rings. The second-order valence-corrected chi connectivity index (χ2v) is 9.36. The van der Waals surface area contributed by atoms with Crippen LogP contribution in [0.25, 0.3) is 0 Å². The fraction of sp³-hybridized carbons (Fsp3) is 0.857. The van der Waals surface area contributed by atoms with Crippen molar-refractivity contribution in [3.63, 3.8) is 0 Å². The molecule has 55 valence electrons. The summed E-state index contributed by atoms with van der Waals surface area (Å²) < 4.78 is 4.81. The van der Waals surface area contributed by atoms with Gasteiger partial charge in [0.25, 0.3) is 0 Å². The average molecular weight is 145 g/mol. The lowest BCUT2D eigenvalue weighted by molar-refractivity contribution is 0.240. The minimum Gasteiger partial charge on any atom is -0.379 e. The molecule has 2 heteroatoms. The lowest BCUT2D eigenvalue weighted by Gasteiger charge is -2.23. The van der Waals surface area contributed by atoms with E-state index in [1.165, 1.54) is 0 Å². The molecule has 9 heavy (non-hydrogen) atoms. The van der Waals surface area contributed by atoms with E-state index in [1.807, 2.05) is 0 Å². The van der Waals surface area contributed by atoms with Crippen molar-refractivity contribution < 1.29 is 4.74 Å². The number of ether oxygens (including phenoxy) is 1. The summed E-state index contributed by atoms with van der Waals surface area (Å²) in [6.07, 6.45) is 0. The molecule has 0 saturated carbocycles. The fourth-order valence-corrected chi connectivity index (χ4v) is 1.04. The van der Waals surface area contributed by atoms with Crippen LogP contribution in [0.4, 0.5) is 0 Å². The van der Waals surface area contributed by atoms with Gasteiger partial charge in [0.1, 0.15) is 0 Å². The van der Waals surface area contributed by atoms with Crippen LogP contribution in [0.3, 0.4) is 0 Å². The first-order valence-corrected chi connectivity index (χ1v) is 6.93. The molecule has 1 radical (unpaired) electrons. The van der Waals surface area contributed by atoms with Crippen molar-refractivity contribution in [2.75, 3.05) is 6.61 Å². The molecule has 0 fully saturated rings. The van der Waals surface area contributed by atoms with E-state index in [-0.39, 0.29) is 0 Å². The molecule has 0 spiro atoms. The molecule has 0 bridgehead atoms. The zero-order valence-corrected chi connectivity index (χ0v) is 7.90. The Morgan fingerprint density at radius 2 is 1.89 bits per heavy atom. The van der Waals surface area contributed by atoms with Crippen LogP contribution in [0.5, 0.6) is 0 Å². The summed E-state index contributed by atoms with van der Waals surface area (Å²) in [6.45, 7) is 10.1. The van der Waals surface area contributed by atoms with Gasteiger partial charge in [0, 0.05) is 14.7 Å². The molecule has 1 unspecified atom stereocenters. The van der Waals surface area contributed by atoms with Gasteiger partial charge in [0.05, 0.1) is 7.11 Å². The zero-order chi connectivity index (χ0) is 7.49. The molecule has 0 heterocycles. The third-order valence-electron chi connectivity index (χ3n) is 1.85. The van der Waals surface area contributed by atoms with Crippen LogP contribution < -0.4 is 0 Å². The molecule has 0 rings (SSSR count).